The van der Waals surface area contributed by atoms with E-state index in [4.69, 9.17) is 16.3 Å². The van der Waals surface area contributed by atoms with E-state index in [1.54, 1.807) is 6.20 Å². The van der Waals surface area contributed by atoms with E-state index in [0.717, 1.165) is 27.2 Å². The Labute approximate surface area is 116 Å². The second kappa shape index (κ2) is 5.29. The molecule has 0 saturated heterocycles. The van der Waals surface area contributed by atoms with Gasteiger partial charge in [-0.05, 0) is 24.3 Å². The van der Waals surface area contributed by atoms with E-state index in [2.05, 4.69) is 4.98 Å². The van der Waals surface area contributed by atoms with E-state index in [-0.39, 0.29) is 0 Å². The molecule has 0 aliphatic heterocycles. The molecular formula is C16H12ClNO. The Morgan fingerprint density at radius 1 is 0.895 bits per heavy atom. The first-order valence-electron chi connectivity index (χ1n) is 6.04. The summed E-state index contributed by atoms with van der Waals surface area (Å²) in [5.41, 5.74) is 0.904. The standard InChI is InChI=1S/C16H12ClNO/c17-15-8-9-16(14-7-2-1-6-13(14)15)19-11-12-5-3-4-10-18-12/h1-10H,11H2. The van der Waals surface area contributed by atoms with Gasteiger partial charge in [0, 0.05) is 22.0 Å². The molecule has 0 saturated carbocycles. The fourth-order valence-corrected chi connectivity index (χ4v) is 2.22. The Balaban J connectivity index is 1.91. The number of fused-ring (bicyclic) bond motifs is 1. The molecule has 0 radical (unpaired) electrons. The zero-order valence-electron chi connectivity index (χ0n) is 10.2. The molecule has 94 valence electrons. The minimum Gasteiger partial charge on any atom is -0.487 e. The van der Waals surface area contributed by atoms with Crippen molar-refractivity contribution in [2.24, 2.45) is 0 Å². The van der Waals surface area contributed by atoms with E-state index in [1.807, 2.05) is 54.6 Å². The molecule has 0 bridgehead atoms. The van der Waals surface area contributed by atoms with E-state index in [1.165, 1.54) is 0 Å². The van der Waals surface area contributed by atoms with Crippen LogP contribution in [0.1, 0.15) is 5.69 Å². The van der Waals surface area contributed by atoms with Gasteiger partial charge in [0.1, 0.15) is 12.4 Å². The summed E-state index contributed by atoms with van der Waals surface area (Å²) in [4.78, 5) is 4.24. The molecular weight excluding hydrogens is 258 g/mol. The molecule has 2 aromatic carbocycles. The van der Waals surface area contributed by atoms with E-state index >= 15 is 0 Å². The fourth-order valence-electron chi connectivity index (χ4n) is 2.00. The van der Waals surface area contributed by atoms with Crippen LogP contribution in [0.4, 0.5) is 0 Å². The molecule has 0 amide bonds. The van der Waals surface area contributed by atoms with Crippen molar-refractivity contribution in [3.8, 4) is 5.75 Å². The molecule has 0 N–H and O–H groups in total. The number of hydrogen-bond donors (Lipinski definition) is 0. The SMILES string of the molecule is Clc1ccc(OCc2ccccn2)c2ccccc12. The van der Waals surface area contributed by atoms with Crippen LogP contribution in [0.25, 0.3) is 10.8 Å². The summed E-state index contributed by atoms with van der Waals surface area (Å²) < 4.78 is 5.84. The molecule has 19 heavy (non-hydrogen) atoms. The zero-order valence-corrected chi connectivity index (χ0v) is 11.0. The lowest BCUT2D eigenvalue weighted by Gasteiger charge is -2.09. The quantitative estimate of drug-likeness (QED) is 0.700. The van der Waals surface area contributed by atoms with Crippen molar-refractivity contribution < 1.29 is 4.74 Å². The third-order valence-corrected chi connectivity index (χ3v) is 3.26. The van der Waals surface area contributed by atoms with Gasteiger partial charge in [-0.25, -0.2) is 0 Å². The zero-order chi connectivity index (χ0) is 13.1. The molecule has 2 nitrogen and oxygen atoms in total. The average molecular weight is 270 g/mol. The Morgan fingerprint density at radius 2 is 1.68 bits per heavy atom. The van der Waals surface area contributed by atoms with Crippen molar-refractivity contribution in [1.82, 2.24) is 4.98 Å². The van der Waals surface area contributed by atoms with Gasteiger partial charge in [0.2, 0.25) is 0 Å². The summed E-state index contributed by atoms with van der Waals surface area (Å²) >= 11 is 6.18. The molecule has 0 unspecified atom stereocenters. The van der Waals surface area contributed by atoms with Crippen molar-refractivity contribution in [1.29, 1.82) is 0 Å². The molecule has 1 heterocycles. The van der Waals surface area contributed by atoms with Crippen LogP contribution in [0.5, 0.6) is 5.75 Å². The molecule has 0 aliphatic carbocycles. The second-order valence-electron chi connectivity index (χ2n) is 4.20. The lowest BCUT2D eigenvalue weighted by molar-refractivity contribution is 0.305. The van der Waals surface area contributed by atoms with Crippen LogP contribution in [-0.4, -0.2) is 4.98 Å². The fraction of sp³-hybridized carbons (Fsp3) is 0.0625. The third-order valence-electron chi connectivity index (χ3n) is 2.93. The lowest BCUT2D eigenvalue weighted by atomic mass is 10.1. The summed E-state index contributed by atoms with van der Waals surface area (Å²) in [5.74, 6) is 0.825. The lowest BCUT2D eigenvalue weighted by Crippen LogP contribution is -1.98. The highest BCUT2D eigenvalue weighted by Gasteiger charge is 2.05. The molecule has 1 aromatic heterocycles. The summed E-state index contributed by atoms with van der Waals surface area (Å²) in [6, 6.07) is 17.5. The van der Waals surface area contributed by atoms with E-state index in [0.29, 0.717) is 6.61 Å². The highest BCUT2D eigenvalue weighted by molar-refractivity contribution is 6.35. The van der Waals surface area contributed by atoms with Crippen LogP contribution in [0, 0.1) is 0 Å². The summed E-state index contributed by atoms with van der Waals surface area (Å²) in [5, 5.41) is 2.76. The van der Waals surface area contributed by atoms with Crippen LogP contribution < -0.4 is 4.74 Å². The first-order chi connectivity index (χ1) is 9.34. The number of pyridine rings is 1. The number of rotatable bonds is 3. The van der Waals surface area contributed by atoms with Crippen molar-refractivity contribution in [2.45, 2.75) is 6.61 Å². The monoisotopic (exact) mass is 269 g/mol. The van der Waals surface area contributed by atoms with Crippen LogP contribution in [0.2, 0.25) is 5.02 Å². The maximum absolute atomic E-state index is 6.18. The van der Waals surface area contributed by atoms with Gasteiger partial charge in [-0.3, -0.25) is 4.98 Å². The van der Waals surface area contributed by atoms with Gasteiger partial charge in [0.05, 0.1) is 5.69 Å². The van der Waals surface area contributed by atoms with Gasteiger partial charge < -0.3 is 4.74 Å². The van der Waals surface area contributed by atoms with Crippen molar-refractivity contribution in [3.05, 3.63) is 71.5 Å². The largest absolute Gasteiger partial charge is 0.487 e. The topological polar surface area (TPSA) is 22.1 Å². The maximum Gasteiger partial charge on any atom is 0.130 e. The molecule has 3 aromatic rings. The molecule has 0 atom stereocenters. The maximum atomic E-state index is 6.18. The van der Waals surface area contributed by atoms with Crippen molar-refractivity contribution in [2.75, 3.05) is 0 Å². The highest BCUT2D eigenvalue weighted by atomic mass is 35.5. The van der Waals surface area contributed by atoms with Gasteiger partial charge >= 0.3 is 0 Å². The van der Waals surface area contributed by atoms with Crippen LogP contribution in [-0.2, 0) is 6.61 Å². The number of benzene rings is 2. The van der Waals surface area contributed by atoms with Gasteiger partial charge in [-0.2, -0.15) is 0 Å². The Morgan fingerprint density at radius 3 is 2.47 bits per heavy atom. The predicted octanol–water partition coefficient (Wildman–Crippen LogP) is 4.47. The van der Waals surface area contributed by atoms with Crippen molar-refractivity contribution in [3.63, 3.8) is 0 Å². The van der Waals surface area contributed by atoms with Gasteiger partial charge in [0.25, 0.3) is 0 Å². The van der Waals surface area contributed by atoms with Gasteiger partial charge in [0.15, 0.2) is 0 Å². The molecule has 3 rings (SSSR count). The van der Waals surface area contributed by atoms with Crippen molar-refractivity contribution >= 4 is 22.4 Å². The minimum atomic E-state index is 0.451. The molecule has 3 heteroatoms. The van der Waals surface area contributed by atoms with E-state index < -0.39 is 0 Å². The Hall–Kier alpha value is -2.06. The number of aromatic nitrogens is 1. The summed E-state index contributed by atoms with van der Waals surface area (Å²) in [6.45, 7) is 0.451. The number of hydrogen-bond acceptors (Lipinski definition) is 2. The summed E-state index contributed by atoms with van der Waals surface area (Å²) in [7, 11) is 0. The predicted molar refractivity (Wildman–Crippen MR) is 77.5 cm³/mol. The molecule has 0 spiro atoms. The molecule has 0 aliphatic rings. The van der Waals surface area contributed by atoms with Gasteiger partial charge in [-0.15, -0.1) is 0 Å². The van der Waals surface area contributed by atoms with Crippen LogP contribution in [0.3, 0.4) is 0 Å². The third kappa shape index (κ3) is 2.54. The minimum absolute atomic E-state index is 0.451. The molecule has 0 fully saturated rings. The van der Waals surface area contributed by atoms with Gasteiger partial charge in [-0.1, -0.05) is 41.9 Å². The smallest absolute Gasteiger partial charge is 0.130 e. The Bertz CT molecular complexity index is 697. The first kappa shape index (κ1) is 12.0. The van der Waals surface area contributed by atoms with Crippen LogP contribution >= 0.6 is 11.6 Å². The summed E-state index contributed by atoms with van der Waals surface area (Å²) in [6.07, 6.45) is 1.76. The number of halogens is 1. The van der Waals surface area contributed by atoms with Crippen LogP contribution in [0.15, 0.2) is 60.8 Å². The Kier molecular flexibility index (Phi) is 3.34. The average Bonchev–Trinajstić information content (AvgIpc) is 2.48. The number of nitrogens with zero attached hydrogens (tertiary/aromatic N) is 1. The highest BCUT2D eigenvalue weighted by Crippen LogP contribution is 2.31. The second-order valence-corrected chi connectivity index (χ2v) is 4.61. The van der Waals surface area contributed by atoms with E-state index in [9.17, 15) is 0 Å². The number of ether oxygens (including phenoxy) is 1. The normalized spacial score (nSPS) is 10.6. The first-order valence-corrected chi connectivity index (χ1v) is 6.42.